The largest absolute Gasteiger partial charge is 0.314 e. The number of nitrogens with one attached hydrogen (secondary N) is 1. The van der Waals surface area contributed by atoms with Gasteiger partial charge in [0.25, 0.3) is 0 Å². The van der Waals surface area contributed by atoms with Crippen LogP contribution in [0.4, 0.5) is 0 Å². The molecule has 1 saturated heterocycles. The van der Waals surface area contributed by atoms with Gasteiger partial charge < -0.3 is 5.32 Å². The number of hydrogen-bond acceptors (Lipinski definition) is 2. The maximum absolute atomic E-state index is 3.72. The van der Waals surface area contributed by atoms with Gasteiger partial charge in [0.15, 0.2) is 0 Å². The van der Waals surface area contributed by atoms with Crippen molar-refractivity contribution in [2.24, 2.45) is 5.41 Å². The molecule has 2 aliphatic rings. The zero-order valence-electron chi connectivity index (χ0n) is 13.4. The maximum Gasteiger partial charge on any atom is 0.00928 e. The molecule has 0 radical (unpaired) electrons. The van der Waals surface area contributed by atoms with E-state index in [0.29, 0.717) is 11.5 Å². The first-order valence-electron chi connectivity index (χ1n) is 8.63. The van der Waals surface area contributed by atoms with E-state index in [1.807, 2.05) is 0 Å². The van der Waals surface area contributed by atoms with E-state index in [9.17, 15) is 0 Å². The standard InChI is InChI=1S/C17H34N2/c1-4-16-9-5-8-12-19(16)14-17(10-6-7-11-17)13-18-15(2)3/h15-16,18H,4-14H2,1-3H3. The SMILES string of the molecule is CCC1CCCCN1CC1(CNC(C)C)CCCC1. The van der Waals surface area contributed by atoms with Gasteiger partial charge in [0.05, 0.1) is 0 Å². The maximum atomic E-state index is 3.72. The van der Waals surface area contributed by atoms with Crippen molar-refractivity contribution in [2.45, 2.75) is 84.2 Å². The summed E-state index contributed by atoms with van der Waals surface area (Å²) in [6.07, 6.45) is 11.4. The summed E-state index contributed by atoms with van der Waals surface area (Å²) >= 11 is 0. The smallest absolute Gasteiger partial charge is 0.00928 e. The molecule has 1 unspecified atom stereocenters. The molecule has 2 nitrogen and oxygen atoms in total. The van der Waals surface area contributed by atoms with Crippen LogP contribution in [0.5, 0.6) is 0 Å². The van der Waals surface area contributed by atoms with Gasteiger partial charge in [-0.1, -0.05) is 40.0 Å². The van der Waals surface area contributed by atoms with Gasteiger partial charge in [0.1, 0.15) is 0 Å². The molecule has 0 aromatic heterocycles. The quantitative estimate of drug-likeness (QED) is 0.786. The lowest BCUT2D eigenvalue weighted by Gasteiger charge is -2.42. The third kappa shape index (κ3) is 4.19. The fourth-order valence-corrected chi connectivity index (χ4v) is 4.10. The number of nitrogens with zero attached hydrogens (tertiary/aromatic N) is 1. The number of likely N-dealkylation sites (tertiary alicyclic amines) is 1. The zero-order valence-corrected chi connectivity index (χ0v) is 13.4. The molecule has 19 heavy (non-hydrogen) atoms. The fourth-order valence-electron chi connectivity index (χ4n) is 4.10. The molecule has 2 fully saturated rings. The van der Waals surface area contributed by atoms with Crippen LogP contribution >= 0.6 is 0 Å². The van der Waals surface area contributed by atoms with E-state index in [0.717, 1.165) is 6.04 Å². The third-order valence-electron chi connectivity index (χ3n) is 5.31. The van der Waals surface area contributed by atoms with Crippen molar-refractivity contribution in [3.63, 3.8) is 0 Å². The van der Waals surface area contributed by atoms with Crippen LogP contribution < -0.4 is 5.32 Å². The van der Waals surface area contributed by atoms with Crippen molar-refractivity contribution >= 4 is 0 Å². The van der Waals surface area contributed by atoms with E-state index >= 15 is 0 Å². The van der Waals surface area contributed by atoms with E-state index in [-0.39, 0.29) is 0 Å². The fraction of sp³-hybridized carbons (Fsp3) is 1.00. The lowest BCUT2D eigenvalue weighted by atomic mass is 9.83. The van der Waals surface area contributed by atoms with E-state index in [2.05, 4.69) is 31.0 Å². The van der Waals surface area contributed by atoms with Crippen molar-refractivity contribution in [3.8, 4) is 0 Å². The van der Waals surface area contributed by atoms with Crippen molar-refractivity contribution in [2.75, 3.05) is 19.6 Å². The van der Waals surface area contributed by atoms with Gasteiger partial charge in [-0.25, -0.2) is 0 Å². The highest BCUT2D eigenvalue weighted by Gasteiger charge is 2.37. The minimum absolute atomic E-state index is 0.578. The van der Waals surface area contributed by atoms with E-state index in [4.69, 9.17) is 0 Å². The summed E-state index contributed by atoms with van der Waals surface area (Å²) in [5.74, 6) is 0. The highest BCUT2D eigenvalue weighted by molar-refractivity contribution is 4.92. The molecule has 1 aliphatic carbocycles. The second kappa shape index (κ2) is 7.08. The monoisotopic (exact) mass is 266 g/mol. The summed E-state index contributed by atoms with van der Waals surface area (Å²) in [7, 11) is 0. The first kappa shape index (κ1) is 15.3. The normalized spacial score (nSPS) is 28.1. The highest BCUT2D eigenvalue weighted by Crippen LogP contribution is 2.39. The van der Waals surface area contributed by atoms with Crippen molar-refractivity contribution in [1.29, 1.82) is 0 Å². The second-order valence-corrected chi connectivity index (χ2v) is 7.27. The number of hydrogen-bond donors (Lipinski definition) is 1. The highest BCUT2D eigenvalue weighted by atomic mass is 15.2. The van der Waals surface area contributed by atoms with Crippen LogP contribution in [0, 0.1) is 5.41 Å². The Balaban J connectivity index is 1.94. The Labute approximate surface area is 120 Å². The van der Waals surface area contributed by atoms with Crippen LogP contribution in [0.1, 0.15) is 72.1 Å². The summed E-state index contributed by atoms with van der Waals surface area (Å²) in [6.45, 7) is 10.9. The number of rotatable bonds is 6. The Morgan fingerprint density at radius 2 is 1.89 bits per heavy atom. The average molecular weight is 266 g/mol. The molecule has 0 spiro atoms. The van der Waals surface area contributed by atoms with Crippen LogP contribution in [0.15, 0.2) is 0 Å². The van der Waals surface area contributed by atoms with E-state index in [1.165, 1.54) is 71.0 Å². The summed E-state index contributed by atoms with van der Waals surface area (Å²) < 4.78 is 0. The van der Waals surface area contributed by atoms with E-state index < -0.39 is 0 Å². The Morgan fingerprint density at radius 3 is 2.53 bits per heavy atom. The lowest BCUT2D eigenvalue weighted by Crippen LogP contribution is -2.49. The summed E-state index contributed by atoms with van der Waals surface area (Å²) in [6, 6.07) is 1.49. The minimum atomic E-state index is 0.578. The summed E-state index contributed by atoms with van der Waals surface area (Å²) in [5, 5.41) is 3.72. The predicted molar refractivity (Wildman–Crippen MR) is 83.5 cm³/mol. The zero-order chi connectivity index (χ0) is 13.7. The second-order valence-electron chi connectivity index (χ2n) is 7.27. The molecule has 2 heteroatoms. The van der Waals surface area contributed by atoms with Gasteiger partial charge in [0, 0.05) is 25.2 Å². The van der Waals surface area contributed by atoms with Crippen LogP contribution in [0.2, 0.25) is 0 Å². The Bertz CT molecular complexity index is 256. The molecule has 0 aromatic rings. The molecular weight excluding hydrogens is 232 g/mol. The molecule has 0 aromatic carbocycles. The van der Waals surface area contributed by atoms with Crippen LogP contribution in [0.3, 0.4) is 0 Å². The van der Waals surface area contributed by atoms with Crippen LogP contribution in [0.25, 0.3) is 0 Å². The Kier molecular flexibility index (Phi) is 5.70. The van der Waals surface area contributed by atoms with E-state index in [1.54, 1.807) is 0 Å². The Morgan fingerprint density at radius 1 is 1.16 bits per heavy atom. The molecule has 1 heterocycles. The van der Waals surface area contributed by atoms with Crippen molar-refractivity contribution in [3.05, 3.63) is 0 Å². The van der Waals surface area contributed by atoms with Gasteiger partial charge in [-0.2, -0.15) is 0 Å². The topological polar surface area (TPSA) is 15.3 Å². The molecule has 0 bridgehead atoms. The van der Waals surface area contributed by atoms with Gasteiger partial charge in [-0.3, -0.25) is 4.90 Å². The molecule has 1 N–H and O–H groups in total. The molecule has 0 amide bonds. The first-order chi connectivity index (χ1) is 9.15. The first-order valence-corrected chi connectivity index (χ1v) is 8.63. The van der Waals surface area contributed by atoms with Crippen molar-refractivity contribution in [1.82, 2.24) is 10.2 Å². The van der Waals surface area contributed by atoms with Gasteiger partial charge in [-0.05, 0) is 44.1 Å². The molecule has 2 rings (SSSR count). The van der Waals surface area contributed by atoms with Gasteiger partial charge >= 0.3 is 0 Å². The van der Waals surface area contributed by atoms with Crippen LogP contribution in [-0.2, 0) is 0 Å². The molecular formula is C17H34N2. The summed E-state index contributed by atoms with van der Waals surface area (Å²) in [4.78, 5) is 2.83. The average Bonchev–Trinajstić information content (AvgIpc) is 2.86. The Hall–Kier alpha value is -0.0800. The number of piperidine rings is 1. The summed E-state index contributed by atoms with van der Waals surface area (Å²) in [5.41, 5.74) is 0.578. The predicted octanol–water partition coefficient (Wildman–Crippen LogP) is 3.81. The van der Waals surface area contributed by atoms with Gasteiger partial charge in [-0.15, -0.1) is 0 Å². The van der Waals surface area contributed by atoms with Crippen molar-refractivity contribution < 1.29 is 0 Å². The lowest BCUT2D eigenvalue weighted by molar-refractivity contribution is 0.0779. The molecule has 1 saturated carbocycles. The molecule has 1 aliphatic heterocycles. The van der Waals surface area contributed by atoms with Gasteiger partial charge in [0.2, 0.25) is 0 Å². The minimum Gasteiger partial charge on any atom is -0.314 e. The molecule has 112 valence electrons. The third-order valence-corrected chi connectivity index (χ3v) is 5.31. The molecule has 1 atom stereocenters. The van der Waals surface area contributed by atoms with Crippen LogP contribution in [-0.4, -0.2) is 36.6 Å².